The van der Waals surface area contributed by atoms with Crippen molar-refractivity contribution in [2.75, 3.05) is 7.11 Å². The van der Waals surface area contributed by atoms with Crippen molar-refractivity contribution in [1.29, 1.82) is 0 Å². The molecule has 0 aliphatic rings. The number of hydrogen-bond donors (Lipinski definition) is 0. The van der Waals surface area contributed by atoms with Gasteiger partial charge in [-0.25, -0.2) is 0 Å². The summed E-state index contributed by atoms with van der Waals surface area (Å²) in [6, 6.07) is 11.3. The molecule has 6 heteroatoms. The first-order valence-corrected chi connectivity index (χ1v) is 7.62. The number of allylic oxidation sites excluding steroid dienone is 1. The zero-order chi connectivity index (χ0) is 17.0. The predicted octanol–water partition coefficient (Wildman–Crippen LogP) is 5.37. The van der Waals surface area contributed by atoms with Gasteiger partial charge >= 0.3 is 6.18 Å². The monoisotopic (exact) mass is 432 g/mol. The SMILES string of the molecule is COc1ccc(C(=O)C(I)=Cc2ccc(C(F)(F)F)cc2)cc1. The average molecular weight is 432 g/mol. The molecule has 0 spiro atoms. The van der Waals surface area contributed by atoms with Gasteiger partial charge in [0.15, 0.2) is 5.78 Å². The second kappa shape index (κ2) is 7.16. The Morgan fingerprint density at radius 2 is 1.61 bits per heavy atom. The van der Waals surface area contributed by atoms with Gasteiger partial charge in [0, 0.05) is 5.56 Å². The second-order valence-corrected chi connectivity index (χ2v) is 5.83. The van der Waals surface area contributed by atoms with E-state index in [0.29, 0.717) is 20.5 Å². The van der Waals surface area contributed by atoms with E-state index in [-0.39, 0.29) is 5.78 Å². The molecule has 0 radical (unpaired) electrons. The molecule has 2 nitrogen and oxygen atoms in total. The van der Waals surface area contributed by atoms with Crippen LogP contribution in [0.3, 0.4) is 0 Å². The number of hydrogen-bond acceptors (Lipinski definition) is 2. The summed E-state index contributed by atoms with van der Waals surface area (Å²) in [7, 11) is 1.53. The number of methoxy groups -OCH3 is 1. The summed E-state index contributed by atoms with van der Waals surface area (Å²) in [6.45, 7) is 0. The average Bonchev–Trinajstić information content (AvgIpc) is 2.54. The summed E-state index contributed by atoms with van der Waals surface area (Å²) in [6.07, 6.45) is -2.82. The molecule has 0 heterocycles. The van der Waals surface area contributed by atoms with E-state index in [4.69, 9.17) is 4.74 Å². The smallest absolute Gasteiger partial charge is 0.416 e. The van der Waals surface area contributed by atoms with E-state index in [0.717, 1.165) is 12.1 Å². The van der Waals surface area contributed by atoms with Gasteiger partial charge in [0.1, 0.15) is 5.75 Å². The van der Waals surface area contributed by atoms with Gasteiger partial charge in [0.05, 0.1) is 16.3 Å². The highest BCUT2D eigenvalue weighted by atomic mass is 127. The van der Waals surface area contributed by atoms with Crippen LogP contribution in [0, 0.1) is 0 Å². The molecule has 2 rings (SSSR count). The number of rotatable bonds is 4. The van der Waals surface area contributed by atoms with E-state index in [2.05, 4.69) is 0 Å². The van der Waals surface area contributed by atoms with Gasteiger partial charge in [0.2, 0.25) is 0 Å². The molecule has 0 aliphatic carbocycles. The number of halogens is 4. The molecule has 0 fully saturated rings. The Morgan fingerprint density at radius 1 is 1.04 bits per heavy atom. The molecule has 120 valence electrons. The molecule has 0 N–H and O–H groups in total. The maximum Gasteiger partial charge on any atom is 0.416 e. The van der Waals surface area contributed by atoms with E-state index in [1.807, 2.05) is 22.6 Å². The van der Waals surface area contributed by atoms with Crippen molar-refractivity contribution in [2.45, 2.75) is 6.18 Å². The van der Waals surface area contributed by atoms with E-state index in [1.54, 1.807) is 30.3 Å². The first-order valence-electron chi connectivity index (χ1n) is 6.54. The Labute approximate surface area is 145 Å². The molecular weight excluding hydrogens is 420 g/mol. The number of ether oxygens (including phenoxy) is 1. The number of benzene rings is 2. The van der Waals surface area contributed by atoms with E-state index < -0.39 is 11.7 Å². The van der Waals surface area contributed by atoms with Crippen molar-refractivity contribution in [2.24, 2.45) is 0 Å². The predicted molar refractivity (Wildman–Crippen MR) is 90.8 cm³/mol. The molecule has 0 saturated carbocycles. The first-order chi connectivity index (χ1) is 10.8. The summed E-state index contributed by atoms with van der Waals surface area (Å²) in [5.41, 5.74) is 0.300. The van der Waals surface area contributed by atoms with E-state index >= 15 is 0 Å². The summed E-state index contributed by atoms with van der Waals surface area (Å²) in [4.78, 5) is 12.3. The van der Waals surface area contributed by atoms with Gasteiger partial charge in [0.25, 0.3) is 0 Å². The molecule has 2 aromatic carbocycles. The van der Waals surface area contributed by atoms with Gasteiger partial charge in [-0.15, -0.1) is 0 Å². The van der Waals surface area contributed by atoms with Crippen LogP contribution in [0.1, 0.15) is 21.5 Å². The van der Waals surface area contributed by atoms with Crippen LogP contribution < -0.4 is 4.74 Å². The first kappa shape index (κ1) is 17.5. The van der Waals surface area contributed by atoms with Crippen molar-refractivity contribution >= 4 is 34.5 Å². The minimum Gasteiger partial charge on any atom is -0.497 e. The zero-order valence-corrected chi connectivity index (χ0v) is 14.2. The van der Waals surface area contributed by atoms with Crippen LogP contribution in [0.25, 0.3) is 6.08 Å². The molecular formula is C17H12F3IO2. The lowest BCUT2D eigenvalue weighted by Crippen LogP contribution is -2.04. The highest BCUT2D eigenvalue weighted by molar-refractivity contribution is 14.1. The van der Waals surface area contributed by atoms with E-state index in [1.165, 1.54) is 19.2 Å². The maximum atomic E-state index is 12.5. The Morgan fingerprint density at radius 3 is 2.09 bits per heavy atom. The van der Waals surface area contributed by atoms with E-state index in [9.17, 15) is 18.0 Å². The lowest BCUT2D eigenvalue weighted by atomic mass is 10.1. The highest BCUT2D eigenvalue weighted by Gasteiger charge is 2.29. The summed E-state index contributed by atoms with van der Waals surface area (Å²) in [5.74, 6) is 0.441. The van der Waals surface area contributed by atoms with Crippen molar-refractivity contribution in [3.8, 4) is 5.75 Å². The summed E-state index contributed by atoms with van der Waals surface area (Å²) in [5, 5.41) is 0. The van der Waals surface area contributed by atoms with Crippen molar-refractivity contribution < 1.29 is 22.7 Å². The van der Waals surface area contributed by atoms with Gasteiger partial charge in [-0.3, -0.25) is 4.79 Å². The van der Waals surface area contributed by atoms with Crippen molar-refractivity contribution in [3.63, 3.8) is 0 Å². The van der Waals surface area contributed by atoms with Gasteiger partial charge < -0.3 is 4.74 Å². The van der Waals surface area contributed by atoms with Gasteiger partial charge in [-0.1, -0.05) is 12.1 Å². The normalized spacial score (nSPS) is 12.1. The van der Waals surface area contributed by atoms with Crippen LogP contribution >= 0.6 is 22.6 Å². The fraction of sp³-hybridized carbons (Fsp3) is 0.118. The number of ketones is 1. The van der Waals surface area contributed by atoms with Crippen LogP contribution in [-0.4, -0.2) is 12.9 Å². The largest absolute Gasteiger partial charge is 0.497 e. The third-order valence-electron chi connectivity index (χ3n) is 3.10. The Balaban J connectivity index is 2.19. The third kappa shape index (κ3) is 4.57. The van der Waals surface area contributed by atoms with Crippen molar-refractivity contribution in [1.82, 2.24) is 0 Å². The van der Waals surface area contributed by atoms with Crippen LogP contribution in [-0.2, 0) is 6.18 Å². The second-order valence-electron chi connectivity index (χ2n) is 4.67. The molecule has 0 atom stereocenters. The molecule has 0 aromatic heterocycles. The lowest BCUT2D eigenvalue weighted by Gasteiger charge is -2.06. The number of alkyl halides is 3. The fourth-order valence-corrected chi connectivity index (χ4v) is 2.53. The van der Waals surface area contributed by atoms with Crippen LogP contribution in [0.4, 0.5) is 13.2 Å². The summed E-state index contributed by atoms with van der Waals surface area (Å²) < 4.78 is 43.0. The lowest BCUT2D eigenvalue weighted by molar-refractivity contribution is -0.137. The fourth-order valence-electron chi connectivity index (χ4n) is 1.86. The zero-order valence-electron chi connectivity index (χ0n) is 12.0. The number of Topliss-reactive ketones (excluding diaryl/α,β-unsaturated/α-hetero) is 1. The molecule has 0 unspecified atom stereocenters. The van der Waals surface area contributed by atoms with Gasteiger partial charge in [-0.2, -0.15) is 13.2 Å². The molecule has 0 bridgehead atoms. The number of carbonyl (C=O) groups excluding carboxylic acids is 1. The van der Waals surface area contributed by atoms with Crippen LogP contribution in [0.2, 0.25) is 0 Å². The number of carbonyl (C=O) groups is 1. The Bertz CT molecular complexity index is 717. The summed E-state index contributed by atoms with van der Waals surface area (Å²) >= 11 is 1.88. The quantitative estimate of drug-likeness (QED) is 0.369. The highest BCUT2D eigenvalue weighted by Crippen LogP contribution is 2.29. The third-order valence-corrected chi connectivity index (χ3v) is 3.90. The molecule has 0 amide bonds. The van der Waals surface area contributed by atoms with Gasteiger partial charge in [-0.05, 0) is 70.6 Å². The molecule has 2 aromatic rings. The maximum absolute atomic E-state index is 12.5. The standard InChI is InChI=1S/C17H12F3IO2/c1-23-14-8-4-12(5-9-14)16(22)15(21)10-11-2-6-13(7-3-11)17(18,19)20/h2-10H,1H3. The topological polar surface area (TPSA) is 26.3 Å². The Hall–Kier alpha value is -1.83. The minimum atomic E-state index is -4.37. The molecule has 0 saturated heterocycles. The molecule has 0 aliphatic heterocycles. The van der Waals surface area contributed by atoms with Crippen LogP contribution in [0.5, 0.6) is 5.75 Å². The van der Waals surface area contributed by atoms with Crippen LogP contribution in [0.15, 0.2) is 52.1 Å². The Kier molecular flexibility index (Phi) is 5.46. The molecule has 23 heavy (non-hydrogen) atoms. The van der Waals surface area contributed by atoms with Crippen molar-refractivity contribution in [3.05, 3.63) is 68.8 Å². The minimum absolute atomic E-state index is 0.201.